The maximum atomic E-state index is 13.5. The van der Waals surface area contributed by atoms with Gasteiger partial charge in [0.1, 0.15) is 18.2 Å². The molecule has 39 heavy (non-hydrogen) atoms. The quantitative estimate of drug-likeness (QED) is 0.326. The summed E-state index contributed by atoms with van der Waals surface area (Å²) in [5.41, 5.74) is 4.16. The molecule has 11 nitrogen and oxygen atoms in total. The fourth-order valence-electron chi connectivity index (χ4n) is 4.91. The van der Waals surface area contributed by atoms with Gasteiger partial charge in [0.05, 0.1) is 33.4 Å². The maximum Gasteiger partial charge on any atom is 0.242 e. The Morgan fingerprint density at radius 2 is 1.79 bits per heavy atom. The van der Waals surface area contributed by atoms with Crippen LogP contribution in [0.3, 0.4) is 0 Å². The number of nitrogens with zero attached hydrogens (tertiary/aromatic N) is 9. The van der Waals surface area contributed by atoms with Crippen LogP contribution in [0.15, 0.2) is 48.8 Å². The van der Waals surface area contributed by atoms with Gasteiger partial charge in [-0.1, -0.05) is 0 Å². The van der Waals surface area contributed by atoms with Crippen LogP contribution in [0.5, 0.6) is 0 Å². The van der Waals surface area contributed by atoms with Gasteiger partial charge in [0.2, 0.25) is 5.91 Å². The molecule has 0 saturated carbocycles. The SMILES string of the molecule is CC(=O)c1ccc(-n2cnc3cc4c(cc32)C(C)(C)C(=O)N4c2ccc(C)nn2)nc1-n1nc(C#N)cc1C. The van der Waals surface area contributed by atoms with E-state index in [1.54, 1.807) is 42.4 Å². The number of pyridine rings is 1. The number of aromatic nitrogens is 7. The minimum absolute atomic E-state index is 0.108. The summed E-state index contributed by atoms with van der Waals surface area (Å²) in [7, 11) is 0. The number of Topliss-reactive ketones (excluding diaryl/α,β-unsaturated/α-hetero) is 1. The summed E-state index contributed by atoms with van der Waals surface area (Å²) in [4.78, 5) is 36.9. The number of nitriles is 1. The highest BCUT2D eigenvalue weighted by Crippen LogP contribution is 2.46. The van der Waals surface area contributed by atoms with Crippen molar-refractivity contribution in [2.75, 3.05) is 4.90 Å². The van der Waals surface area contributed by atoms with Crippen molar-refractivity contribution in [3.05, 3.63) is 77.0 Å². The highest BCUT2D eigenvalue weighted by Gasteiger charge is 2.45. The highest BCUT2D eigenvalue weighted by atomic mass is 16.2. The number of fused-ring (bicyclic) bond motifs is 2. The molecule has 0 aliphatic carbocycles. The number of carbonyl (C=O) groups is 2. The van der Waals surface area contributed by atoms with Gasteiger partial charge >= 0.3 is 0 Å². The van der Waals surface area contributed by atoms with Gasteiger partial charge in [0.15, 0.2) is 23.1 Å². The molecule has 0 bridgehead atoms. The molecule has 1 aliphatic heterocycles. The van der Waals surface area contributed by atoms with Gasteiger partial charge in [-0.2, -0.15) is 15.5 Å². The van der Waals surface area contributed by atoms with Crippen molar-refractivity contribution in [1.82, 2.24) is 34.5 Å². The molecule has 0 spiro atoms. The van der Waals surface area contributed by atoms with E-state index in [0.717, 1.165) is 16.8 Å². The Balaban J connectivity index is 1.53. The zero-order valence-electron chi connectivity index (χ0n) is 22.0. The number of hydrogen-bond acceptors (Lipinski definition) is 8. The lowest BCUT2D eigenvalue weighted by atomic mass is 9.86. The lowest BCUT2D eigenvalue weighted by Crippen LogP contribution is -2.33. The molecular weight excluding hydrogens is 494 g/mol. The van der Waals surface area contributed by atoms with Gasteiger partial charge in [-0.05, 0) is 82.6 Å². The van der Waals surface area contributed by atoms with Gasteiger partial charge in [-0.25, -0.2) is 14.6 Å². The second-order valence-corrected chi connectivity index (χ2v) is 10.1. The van der Waals surface area contributed by atoms with Crippen molar-refractivity contribution >= 4 is 34.2 Å². The van der Waals surface area contributed by atoms with Crippen molar-refractivity contribution < 1.29 is 9.59 Å². The average molecular weight is 518 g/mol. The highest BCUT2D eigenvalue weighted by molar-refractivity contribution is 6.13. The van der Waals surface area contributed by atoms with Gasteiger partial charge < -0.3 is 0 Å². The lowest BCUT2D eigenvalue weighted by molar-refractivity contribution is -0.121. The van der Waals surface area contributed by atoms with Crippen LogP contribution in [-0.4, -0.2) is 46.2 Å². The van der Waals surface area contributed by atoms with Crippen LogP contribution in [0.2, 0.25) is 0 Å². The molecule has 11 heteroatoms. The van der Waals surface area contributed by atoms with E-state index in [1.807, 2.05) is 49.6 Å². The number of hydrogen-bond donors (Lipinski definition) is 0. The molecule has 192 valence electrons. The molecule has 0 N–H and O–H groups in total. The summed E-state index contributed by atoms with van der Waals surface area (Å²) in [6, 6.07) is 14.5. The third-order valence-corrected chi connectivity index (χ3v) is 7.02. The number of imidazole rings is 1. The number of amides is 1. The fourth-order valence-corrected chi connectivity index (χ4v) is 4.91. The van der Waals surface area contributed by atoms with Crippen LogP contribution in [-0.2, 0) is 10.2 Å². The second-order valence-electron chi connectivity index (χ2n) is 10.1. The van der Waals surface area contributed by atoms with Crippen LogP contribution in [0.25, 0.3) is 22.7 Å². The molecule has 6 rings (SSSR count). The normalized spacial score (nSPS) is 14.1. The largest absolute Gasteiger partial charge is 0.294 e. The molecule has 0 radical (unpaired) electrons. The third kappa shape index (κ3) is 3.60. The molecule has 5 heterocycles. The van der Waals surface area contributed by atoms with Gasteiger partial charge in [-0.3, -0.25) is 19.1 Å². The minimum atomic E-state index is -0.817. The van der Waals surface area contributed by atoms with Crippen molar-refractivity contribution in [3.63, 3.8) is 0 Å². The summed E-state index contributed by atoms with van der Waals surface area (Å²) in [6.07, 6.45) is 1.65. The van der Waals surface area contributed by atoms with Crippen LogP contribution in [0, 0.1) is 25.2 Å². The molecule has 1 amide bonds. The van der Waals surface area contributed by atoms with Crippen molar-refractivity contribution in [3.8, 4) is 17.7 Å². The summed E-state index contributed by atoms with van der Waals surface area (Å²) >= 11 is 0. The Morgan fingerprint density at radius 1 is 1.03 bits per heavy atom. The summed E-state index contributed by atoms with van der Waals surface area (Å²) in [6.45, 7) is 8.87. The predicted octanol–water partition coefficient (Wildman–Crippen LogP) is 4.04. The number of aryl methyl sites for hydroxylation is 2. The van der Waals surface area contributed by atoms with Crippen LogP contribution < -0.4 is 4.90 Å². The van der Waals surface area contributed by atoms with E-state index in [1.165, 1.54) is 11.6 Å². The first kappa shape index (κ1) is 24.1. The van der Waals surface area contributed by atoms with Crippen molar-refractivity contribution in [2.45, 2.75) is 40.0 Å². The van der Waals surface area contributed by atoms with Crippen molar-refractivity contribution in [1.29, 1.82) is 5.26 Å². The Kier molecular flexibility index (Phi) is 5.19. The second kappa shape index (κ2) is 8.39. The van der Waals surface area contributed by atoms with Crippen LogP contribution in [0.1, 0.15) is 53.8 Å². The van der Waals surface area contributed by atoms with Gasteiger partial charge in [0, 0.05) is 5.69 Å². The fraction of sp³-hybridized carbons (Fsp3) is 0.214. The maximum absolute atomic E-state index is 13.5. The lowest BCUT2D eigenvalue weighted by Gasteiger charge is -2.19. The molecule has 0 atom stereocenters. The van der Waals surface area contributed by atoms with Crippen LogP contribution in [0.4, 0.5) is 11.5 Å². The van der Waals surface area contributed by atoms with E-state index in [0.29, 0.717) is 39.9 Å². The number of benzene rings is 1. The Morgan fingerprint density at radius 3 is 2.46 bits per heavy atom. The average Bonchev–Trinajstić information content (AvgIpc) is 3.56. The Hall–Kier alpha value is -5.24. The van der Waals surface area contributed by atoms with E-state index in [4.69, 9.17) is 4.98 Å². The number of carbonyl (C=O) groups excluding carboxylic acids is 2. The predicted molar refractivity (Wildman–Crippen MR) is 142 cm³/mol. The number of anilines is 2. The van der Waals surface area contributed by atoms with E-state index < -0.39 is 5.41 Å². The first-order chi connectivity index (χ1) is 18.6. The summed E-state index contributed by atoms with van der Waals surface area (Å²) in [5.74, 6) is 0.999. The van der Waals surface area contributed by atoms with E-state index >= 15 is 0 Å². The number of ketones is 1. The molecule has 4 aromatic heterocycles. The zero-order chi connectivity index (χ0) is 27.6. The first-order valence-corrected chi connectivity index (χ1v) is 12.3. The Labute approximate surface area is 223 Å². The van der Waals surface area contributed by atoms with Crippen molar-refractivity contribution in [2.24, 2.45) is 0 Å². The molecule has 0 saturated heterocycles. The van der Waals surface area contributed by atoms with E-state index in [-0.39, 0.29) is 17.4 Å². The zero-order valence-corrected chi connectivity index (χ0v) is 22.0. The molecule has 0 fully saturated rings. The van der Waals surface area contributed by atoms with Gasteiger partial charge in [-0.15, -0.1) is 5.10 Å². The Bertz CT molecular complexity index is 1870. The van der Waals surface area contributed by atoms with E-state index in [9.17, 15) is 14.9 Å². The molecular formula is C28H23N9O2. The molecule has 1 aliphatic rings. The molecule has 5 aromatic rings. The van der Waals surface area contributed by atoms with E-state index in [2.05, 4.69) is 20.3 Å². The molecule has 0 unspecified atom stereocenters. The minimum Gasteiger partial charge on any atom is -0.294 e. The molecule has 1 aromatic carbocycles. The van der Waals surface area contributed by atoms with Gasteiger partial charge in [0.25, 0.3) is 0 Å². The smallest absolute Gasteiger partial charge is 0.242 e. The number of rotatable bonds is 4. The summed E-state index contributed by atoms with van der Waals surface area (Å²) in [5, 5.41) is 22.0. The third-order valence-electron chi connectivity index (χ3n) is 7.02. The van der Waals surface area contributed by atoms with Crippen LogP contribution >= 0.6 is 0 Å². The topological polar surface area (TPSA) is 135 Å². The summed E-state index contributed by atoms with van der Waals surface area (Å²) < 4.78 is 3.31. The monoisotopic (exact) mass is 517 g/mol. The standard InChI is InChI=1S/C28H23N9O2/c1-15-6-8-25(33-32-15)36-22-12-21-23(11-20(22)28(4,5)27(36)39)35(14-30-21)24-9-7-19(17(3)38)26(31-24)37-16(2)10-18(13-29)34-37/h6-12,14H,1-5H3. The first-order valence-electron chi connectivity index (χ1n) is 12.3.